The van der Waals surface area contributed by atoms with Crippen molar-refractivity contribution in [2.75, 3.05) is 5.32 Å². The molecule has 0 radical (unpaired) electrons. The zero-order chi connectivity index (χ0) is 16.8. The molecule has 2 aromatic carbocycles. The summed E-state index contributed by atoms with van der Waals surface area (Å²) in [7, 11) is 0. The van der Waals surface area contributed by atoms with E-state index in [0.29, 0.717) is 10.7 Å². The molecule has 6 heteroatoms. The molecule has 0 saturated heterocycles. The number of hydrogen-bond acceptors (Lipinski definition) is 4. The first-order valence-electron chi connectivity index (χ1n) is 7.64. The summed E-state index contributed by atoms with van der Waals surface area (Å²) in [6.07, 6.45) is 2.90. The Hall–Kier alpha value is -1.80. The molecule has 0 fully saturated rings. The molecule has 0 aliphatic heterocycles. The van der Waals surface area contributed by atoms with Crippen LogP contribution in [0, 0.1) is 3.57 Å². The molecule has 0 atom stereocenters. The molecule has 1 N–H and O–H groups in total. The fourth-order valence-electron chi connectivity index (χ4n) is 2.30. The van der Waals surface area contributed by atoms with Crippen molar-refractivity contribution < 1.29 is 4.79 Å². The Morgan fingerprint density at radius 3 is 2.54 bits per heavy atom. The third-order valence-electron chi connectivity index (χ3n) is 3.50. The van der Waals surface area contributed by atoms with Gasteiger partial charge in [0.05, 0.1) is 5.56 Å². The Morgan fingerprint density at radius 1 is 1.00 bits per heavy atom. The SMILES string of the molecule is O=C(Nc1nnc(CCCc2ccccc2)s1)c1ccccc1I. The Labute approximate surface area is 158 Å². The van der Waals surface area contributed by atoms with E-state index < -0.39 is 0 Å². The van der Waals surface area contributed by atoms with E-state index in [1.165, 1.54) is 16.9 Å². The van der Waals surface area contributed by atoms with Gasteiger partial charge in [0.2, 0.25) is 5.13 Å². The molecule has 0 bridgehead atoms. The lowest BCUT2D eigenvalue weighted by atomic mass is 10.1. The number of amides is 1. The molecule has 0 unspecified atom stereocenters. The zero-order valence-corrected chi connectivity index (χ0v) is 15.9. The average Bonchev–Trinajstić information content (AvgIpc) is 3.03. The molecule has 24 heavy (non-hydrogen) atoms. The van der Waals surface area contributed by atoms with Gasteiger partial charge in [-0.05, 0) is 53.1 Å². The summed E-state index contributed by atoms with van der Waals surface area (Å²) in [6.45, 7) is 0. The van der Waals surface area contributed by atoms with E-state index >= 15 is 0 Å². The van der Waals surface area contributed by atoms with Gasteiger partial charge in [0.1, 0.15) is 5.01 Å². The fourth-order valence-corrected chi connectivity index (χ4v) is 3.71. The molecule has 4 nitrogen and oxygen atoms in total. The van der Waals surface area contributed by atoms with Crippen LogP contribution in [0.3, 0.4) is 0 Å². The van der Waals surface area contributed by atoms with E-state index in [1.54, 1.807) is 6.07 Å². The molecule has 1 amide bonds. The minimum atomic E-state index is -0.146. The van der Waals surface area contributed by atoms with Gasteiger partial charge < -0.3 is 0 Å². The molecule has 3 rings (SSSR count). The minimum Gasteiger partial charge on any atom is -0.296 e. The second-order valence-electron chi connectivity index (χ2n) is 5.27. The summed E-state index contributed by atoms with van der Waals surface area (Å²) in [6, 6.07) is 17.9. The topological polar surface area (TPSA) is 54.9 Å². The summed E-state index contributed by atoms with van der Waals surface area (Å²) in [5.41, 5.74) is 1.98. The van der Waals surface area contributed by atoms with Crippen molar-refractivity contribution >= 4 is 45.0 Å². The predicted molar refractivity (Wildman–Crippen MR) is 105 cm³/mol. The van der Waals surface area contributed by atoms with Crippen LogP contribution >= 0.6 is 33.9 Å². The minimum absolute atomic E-state index is 0.146. The molecule has 1 heterocycles. The van der Waals surface area contributed by atoms with E-state index in [0.717, 1.165) is 27.8 Å². The second kappa shape index (κ2) is 8.34. The van der Waals surface area contributed by atoms with Gasteiger partial charge in [-0.25, -0.2) is 0 Å². The van der Waals surface area contributed by atoms with Gasteiger partial charge in [0, 0.05) is 9.99 Å². The normalized spacial score (nSPS) is 10.5. The number of rotatable bonds is 6. The molecule has 0 spiro atoms. The maximum absolute atomic E-state index is 12.3. The Morgan fingerprint density at radius 2 is 1.75 bits per heavy atom. The molecular formula is C18H16IN3OS. The lowest BCUT2D eigenvalue weighted by molar-refractivity contribution is 0.102. The van der Waals surface area contributed by atoms with Crippen LogP contribution in [0.2, 0.25) is 0 Å². The Kier molecular flexibility index (Phi) is 5.92. The van der Waals surface area contributed by atoms with Gasteiger partial charge in [-0.3, -0.25) is 10.1 Å². The molecule has 1 aromatic heterocycles. The molecule has 0 aliphatic carbocycles. The van der Waals surface area contributed by atoms with Crippen molar-refractivity contribution in [1.29, 1.82) is 0 Å². The number of anilines is 1. The first kappa shape index (κ1) is 17.0. The van der Waals surface area contributed by atoms with Gasteiger partial charge in [-0.15, -0.1) is 10.2 Å². The predicted octanol–water partition coefficient (Wildman–Crippen LogP) is 4.57. The largest absolute Gasteiger partial charge is 0.296 e. The molecular weight excluding hydrogens is 433 g/mol. The molecule has 3 aromatic rings. The average molecular weight is 449 g/mol. The standard InChI is InChI=1S/C18H16IN3OS/c19-15-11-5-4-10-14(15)17(23)20-18-22-21-16(24-18)12-6-9-13-7-2-1-3-8-13/h1-5,7-8,10-11H,6,9,12H2,(H,20,22,23). The van der Waals surface area contributed by atoms with E-state index in [-0.39, 0.29) is 5.91 Å². The first-order chi connectivity index (χ1) is 11.7. The highest BCUT2D eigenvalue weighted by Gasteiger charge is 2.12. The van der Waals surface area contributed by atoms with Crippen LogP contribution in [0.25, 0.3) is 0 Å². The van der Waals surface area contributed by atoms with Crippen LogP contribution in [0.1, 0.15) is 27.3 Å². The number of aryl methyl sites for hydroxylation is 2. The van der Waals surface area contributed by atoms with Crippen molar-refractivity contribution in [2.45, 2.75) is 19.3 Å². The number of halogens is 1. The van der Waals surface area contributed by atoms with E-state index in [2.05, 4.69) is 62.4 Å². The summed E-state index contributed by atoms with van der Waals surface area (Å²) >= 11 is 3.59. The third kappa shape index (κ3) is 4.61. The van der Waals surface area contributed by atoms with Crippen LogP contribution in [0.15, 0.2) is 54.6 Å². The van der Waals surface area contributed by atoms with Crippen molar-refractivity contribution in [3.8, 4) is 0 Å². The van der Waals surface area contributed by atoms with E-state index in [9.17, 15) is 4.79 Å². The number of hydrogen-bond donors (Lipinski definition) is 1. The number of nitrogens with one attached hydrogen (secondary N) is 1. The summed E-state index contributed by atoms with van der Waals surface area (Å²) in [4.78, 5) is 12.3. The first-order valence-corrected chi connectivity index (χ1v) is 9.54. The molecule has 122 valence electrons. The van der Waals surface area contributed by atoms with Crippen LogP contribution in [0.4, 0.5) is 5.13 Å². The van der Waals surface area contributed by atoms with Gasteiger partial charge in [0.15, 0.2) is 0 Å². The Bertz CT molecular complexity index is 820. The fraction of sp³-hybridized carbons (Fsp3) is 0.167. The number of carbonyl (C=O) groups excluding carboxylic acids is 1. The monoisotopic (exact) mass is 449 g/mol. The van der Waals surface area contributed by atoms with Gasteiger partial charge in [0.25, 0.3) is 5.91 Å². The van der Waals surface area contributed by atoms with Crippen LogP contribution in [-0.4, -0.2) is 16.1 Å². The number of benzene rings is 2. The van der Waals surface area contributed by atoms with Crippen molar-refractivity contribution in [3.05, 3.63) is 74.3 Å². The third-order valence-corrected chi connectivity index (χ3v) is 5.34. The maximum atomic E-state index is 12.3. The Balaban J connectivity index is 1.54. The van der Waals surface area contributed by atoms with Gasteiger partial charge in [-0.2, -0.15) is 0 Å². The highest BCUT2D eigenvalue weighted by Crippen LogP contribution is 2.19. The maximum Gasteiger partial charge on any atom is 0.258 e. The summed E-state index contributed by atoms with van der Waals surface area (Å²) in [5, 5.41) is 12.6. The smallest absolute Gasteiger partial charge is 0.258 e. The highest BCUT2D eigenvalue weighted by molar-refractivity contribution is 14.1. The highest BCUT2D eigenvalue weighted by atomic mass is 127. The second-order valence-corrected chi connectivity index (χ2v) is 7.50. The van der Waals surface area contributed by atoms with E-state index in [1.807, 2.05) is 24.3 Å². The summed E-state index contributed by atoms with van der Waals surface area (Å²) in [5.74, 6) is -0.146. The van der Waals surface area contributed by atoms with Crippen LogP contribution < -0.4 is 5.32 Å². The lowest BCUT2D eigenvalue weighted by Crippen LogP contribution is -2.13. The van der Waals surface area contributed by atoms with Gasteiger partial charge >= 0.3 is 0 Å². The van der Waals surface area contributed by atoms with Crippen molar-refractivity contribution in [1.82, 2.24) is 10.2 Å². The lowest BCUT2D eigenvalue weighted by Gasteiger charge is -2.02. The number of nitrogens with zero attached hydrogens (tertiary/aromatic N) is 2. The van der Waals surface area contributed by atoms with Crippen LogP contribution in [0.5, 0.6) is 0 Å². The molecule has 0 saturated carbocycles. The molecule has 0 aliphatic rings. The van der Waals surface area contributed by atoms with Crippen molar-refractivity contribution in [3.63, 3.8) is 0 Å². The van der Waals surface area contributed by atoms with Crippen molar-refractivity contribution in [2.24, 2.45) is 0 Å². The number of aromatic nitrogens is 2. The zero-order valence-electron chi connectivity index (χ0n) is 12.9. The number of carbonyl (C=O) groups is 1. The van der Waals surface area contributed by atoms with E-state index in [4.69, 9.17) is 0 Å². The quantitative estimate of drug-likeness (QED) is 0.561. The van der Waals surface area contributed by atoms with Gasteiger partial charge in [-0.1, -0.05) is 53.8 Å². The van der Waals surface area contributed by atoms with Crippen LogP contribution in [-0.2, 0) is 12.8 Å². The summed E-state index contributed by atoms with van der Waals surface area (Å²) < 4.78 is 0.917.